The monoisotopic (exact) mass is 401 g/mol. The Morgan fingerprint density at radius 1 is 1.14 bits per heavy atom. The molecule has 0 aliphatic carbocycles. The van der Waals surface area contributed by atoms with Crippen LogP contribution in [0.2, 0.25) is 0 Å². The Kier molecular flexibility index (Phi) is 5.84. The maximum Gasteiger partial charge on any atom is 0.306 e. The van der Waals surface area contributed by atoms with Gasteiger partial charge in [-0.25, -0.2) is 8.42 Å². The smallest absolute Gasteiger partial charge is 0.306 e. The first-order chi connectivity index (χ1) is 13.3. The Hall–Kier alpha value is -2.67. The SMILES string of the molecule is C[C@@H]1Cc2cc(C(=O)COC(=O)CCc3ccccc3)ccc2N1S(C)(=O)=O. The molecule has 2 aromatic rings. The van der Waals surface area contributed by atoms with Crippen LogP contribution < -0.4 is 4.31 Å². The lowest BCUT2D eigenvalue weighted by Crippen LogP contribution is -2.34. The van der Waals surface area contributed by atoms with Crippen molar-refractivity contribution in [1.29, 1.82) is 0 Å². The largest absolute Gasteiger partial charge is 0.457 e. The third kappa shape index (κ3) is 4.59. The van der Waals surface area contributed by atoms with Gasteiger partial charge in [0.15, 0.2) is 12.4 Å². The molecule has 0 amide bonds. The van der Waals surface area contributed by atoms with Crippen molar-refractivity contribution in [1.82, 2.24) is 0 Å². The number of Topliss-reactive ketones (excluding diaryl/α,β-unsaturated/α-hetero) is 1. The Labute approximate surface area is 165 Å². The van der Waals surface area contributed by atoms with E-state index >= 15 is 0 Å². The molecule has 0 radical (unpaired) electrons. The molecule has 0 fully saturated rings. The van der Waals surface area contributed by atoms with E-state index in [1.807, 2.05) is 37.3 Å². The molecule has 0 N–H and O–H groups in total. The fourth-order valence-electron chi connectivity index (χ4n) is 3.47. The van der Waals surface area contributed by atoms with Gasteiger partial charge in [0, 0.05) is 18.0 Å². The molecule has 28 heavy (non-hydrogen) atoms. The van der Waals surface area contributed by atoms with Gasteiger partial charge in [0.05, 0.1) is 11.9 Å². The second-order valence-corrected chi connectivity index (χ2v) is 8.88. The van der Waals surface area contributed by atoms with Crippen LogP contribution in [-0.2, 0) is 32.4 Å². The highest BCUT2D eigenvalue weighted by Crippen LogP contribution is 2.34. The molecule has 1 atom stereocenters. The van der Waals surface area contributed by atoms with Crippen molar-refractivity contribution in [3.8, 4) is 0 Å². The number of sulfonamides is 1. The van der Waals surface area contributed by atoms with Crippen LogP contribution in [0.5, 0.6) is 0 Å². The number of carbonyl (C=O) groups is 2. The third-order valence-electron chi connectivity index (χ3n) is 4.74. The van der Waals surface area contributed by atoms with Crippen molar-refractivity contribution in [2.75, 3.05) is 17.2 Å². The first-order valence-electron chi connectivity index (χ1n) is 9.11. The average Bonchev–Trinajstić information content (AvgIpc) is 3.00. The van der Waals surface area contributed by atoms with E-state index in [0.29, 0.717) is 24.1 Å². The molecule has 3 rings (SSSR count). The van der Waals surface area contributed by atoms with E-state index in [4.69, 9.17) is 4.74 Å². The summed E-state index contributed by atoms with van der Waals surface area (Å²) in [6.45, 7) is 1.51. The number of ketones is 1. The number of anilines is 1. The van der Waals surface area contributed by atoms with Gasteiger partial charge in [0.1, 0.15) is 0 Å². The van der Waals surface area contributed by atoms with Crippen LogP contribution in [0.25, 0.3) is 0 Å². The lowest BCUT2D eigenvalue weighted by atomic mass is 10.0. The molecule has 148 valence electrons. The number of esters is 1. The minimum atomic E-state index is -3.37. The van der Waals surface area contributed by atoms with Gasteiger partial charge in [0.25, 0.3) is 0 Å². The minimum Gasteiger partial charge on any atom is -0.457 e. The highest BCUT2D eigenvalue weighted by Gasteiger charge is 2.32. The van der Waals surface area contributed by atoms with Gasteiger partial charge in [-0.2, -0.15) is 0 Å². The second kappa shape index (κ2) is 8.14. The molecule has 0 unspecified atom stereocenters. The molecule has 7 heteroatoms. The van der Waals surface area contributed by atoms with Crippen LogP contribution in [0.3, 0.4) is 0 Å². The predicted molar refractivity (Wildman–Crippen MR) is 107 cm³/mol. The minimum absolute atomic E-state index is 0.189. The van der Waals surface area contributed by atoms with E-state index in [-0.39, 0.29) is 24.9 Å². The maximum atomic E-state index is 12.4. The maximum absolute atomic E-state index is 12.4. The third-order valence-corrected chi connectivity index (χ3v) is 6.01. The fourth-order valence-corrected chi connectivity index (χ4v) is 4.74. The molecule has 1 aliphatic heterocycles. The summed E-state index contributed by atoms with van der Waals surface area (Å²) in [6.07, 6.45) is 2.49. The molecule has 0 saturated carbocycles. The Morgan fingerprint density at radius 3 is 2.54 bits per heavy atom. The average molecular weight is 401 g/mol. The summed E-state index contributed by atoms with van der Waals surface area (Å²) in [5.74, 6) is -0.725. The number of nitrogens with zero attached hydrogens (tertiary/aromatic N) is 1. The van der Waals surface area contributed by atoms with E-state index < -0.39 is 16.0 Å². The molecule has 1 heterocycles. The zero-order valence-electron chi connectivity index (χ0n) is 15.9. The van der Waals surface area contributed by atoms with Gasteiger partial charge < -0.3 is 4.74 Å². The number of carbonyl (C=O) groups excluding carboxylic acids is 2. The van der Waals surface area contributed by atoms with Crippen LogP contribution in [0, 0.1) is 0 Å². The van der Waals surface area contributed by atoms with Crippen LogP contribution in [0.4, 0.5) is 5.69 Å². The first kappa shape index (κ1) is 20.1. The van der Waals surface area contributed by atoms with Crippen LogP contribution in [-0.4, -0.2) is 39.1 Å². The number of hydrogen-bond acceptors (Lipinski definition) is 5. The highest BCUT2D eigenvalue weighted by molar-refractivity contribution is 7.92. The van der Waals surface area contributed by atoms with Crippen molar-refractivity contribution >= 4 is 27.5 Å². The zero-order valence-corrected chi connectivity index (χ0v) is 16.7. The molecule has 0 aromatic heterocycles. The summed E-state index contributed by atoms with van der Waals surface area (Å²) in [6, 6.07) is 14.3. The lowest BCUT2D eigenvalue weighted by Gasteiger charge is -2.21. The topological polar surface area (TPSA) is 80.8 Å². The van der Waals surface area contributed by atoms with Gasteiger partial charge in [-0.1, -0.05) is 30.3 Å². The van der Waals surface area contributed by atoms with Crippen LogP contribution >= 0.6 is 0 Å². The van der Waals surface area contributed by atoms with Crippen molar-refractivity contribution in [3.05, 3.63) is 65.2 Å². The molecule has 0 bridgehead atoms. The van der Waals surface area contributed by atoms with Gasteiger partial charge in [0.2, 0.25) is 10.0 Å². The molecule has 2 aromatic carbocycles. The van der Waals surface area contributed by atoms with Crippen molar-refractivity contribution in [3.63, 3.8) is 0 Å². The van der Waals surface area contributed by atoms with Crippen molar-refractivity contribution in [2.24, 2.45) is 0 Å². The fraction of sp³-hybridized carbons (Fsp3) is 0.333. The number of fused-ring (bicyclic) bond motifs is 1. The van der Waals surface area contributed by atoms with Crippen LogP contribution in [0.15, 0.2) is 48.5 Å². The molecule has 0 saturated heterocycles. The Morgan fingerprint density at radius 2 is 1.86 bits per heavy atom. The van der Waals surface area contributed by atoms with Crippen molar-refractivity contribution < 1.29 is 22.7 Å². The molecular weight excluding hydrogens is 378 g/mol. The zero-order chi connectivity index (χ0) is 20.3. The number of aryl methyl sites for hydroxylation is 1. The van der Waals surface area contributed by atoms with Crippen LogP contribution in [0.1, 0.15) is 34.8 Å². The standard InChI is InChI=1S/C21H23NO5S/c1-15-12-18-13-17(9-10-19(18)22(15)28(2,25)26)20(23)14-27-21(24)11-8-16-6-4-3-5-7-16/h3-7,9-10,13,15H,8,11-12,14H2,1-2H3/t15-/m1/s1. The number of benzene rings is 2. The lowest BCUT2D eigenvalue weighted by molar-refractivity contribution is -0.142. The molecular formula is C21H23NO5S. The first-order valence-corrected chi connectivity index (χ1v) is 11.0. The van der Waals surface area contributed by atoms with E-state index in [9.17, 15) is 18.0 Å². The summed E-state index contributed by atoms with van der Waals surface area (Å²) in [4.78, 5) is 24.3. The quantitative estimate of drug-likeness (QED) is 0.526. The Bertz CT molecular complexity index is 985. The summed E-state index contributed by atoms with van der Waals surface area (Å²) in [5.41, 5.74) is 2.86. The predicted octanol–water partition coefficient (Wildman–Crippen LogP) is 2.76. The summed E-state index contributed by atoms with van der Waals surface area (Å²) >= 11 is 0. The van der Waals surface area contributed by atoms with E-state index in [1.54, 1.807) is 18.2 Å². The van der Waals surface area contributed by atoms with E-state index in [0.717, 1.165) is 11.1 Å². The van der Waals surface area contributed by atoms with Crippen molar-refractivity contribution in [2.45, 2.75) is 32.2 Å². The number of hydrogen-bond donors (Lipinski definition) is 0. The number of ether oxygens (including phenoxy) is 1. The Balaban J connectivity index is 1.58. The molecule has 1 aliphatic rings. The van der Waals surface area contributed by atoms with E-state index in [1.165, 1.54) is 10.6 Å². The molecule has 6 nitrogen and oxygen atoms in total. The second-order valence-electron chi connectivity index (χ2n) is 7.02. The summed E-state index contributed by atoms with van der Waals surface area (Å²) < 4.78 is 30.4. The van der Waals surface area contributed by atoms with Gasteiger partial charge in [-0.3, -0.25) is 13.9 Å². The van der Waals surface area contributed by atoms with Gasteiger partial charge in [-0.15, -0.1) is 0 Å². The van der Waals surface area contributed by atoms with Gasteiger partial charge in [-0.05, 0) is 49.1 Å². The normalized spacial score (nSPS) is 15.9. The van der Waals surface area contributed by atoms with E-state index in [2.05, 4.69) is 0 Å². The highest BCUT2D eigenvalue weighted by atomic mass is 32.2. The summed E-state index contributed by atoms with van der Waals surface area (Å²) in [5, 5.41) is 0. The van der Waals surface area contributed by atoms with Gasteiger partial charge >= 0.3 is 5.97 Å². The molecule has 0 spiro atoms. The number of rotatable bonds is 7. The summed E-state index contributed by atoms with van der Waals surface area (Å²) in [7, 11) is -3.37.